The van der Waals surface area contributed by atoms with Crippen molar-refractivity contribution in [2.75, 3.05) is 5.32 Å². The Kier molecular flexibility index (Phi) is 4.97. The van der Waals surface area contributed by atoms with E-state index in [-0.39, 0.29) is 17.2 Å². The summed E-state index contributed by atoms with van der Waals surface area (Å²) in [6.45, 7) is 0. The van der Waals surface area contributed by atoms with Crippen molar-refractivity contribution < 1.29 is 41.0 Å². The van der Waals surface area contributed by atoms with Crippen molar-refractivity contribution in [1.82, 2.24) is 0 Å². The van der Waals surface area contributed by atoms with Crippen molar-refractivity contribution in [2.45, 2.75) is 12.4 Å². The third-order valence-corrected chi connectivity index (χ3v) is 3.22. The van der Waals surface area contributed by atoms with Crippen LogP contribution < -0.4 is 5.32 Å². The third kappa shape index (κ3) is 4.52. The Hall–Kier alpha value is -3.04. The molecule has 0 unspecified atom stereocenters. The quantitative estimate of drug-likeness (QED) is 0.764. The van der Waals surface area contributed by atoms with E-state index in [0.29, 0.717) is 12.1 Å². The summed E-state index contributed by atoms with van der Waals surface area (Å²) in [4.78, 5) is 22.9. The lowest BCUT2D eigenvalue weighted by Gasteiger charge is -2.15. The number of hydrogen-bond donors (Lipinski definition) is 2. The number of alkyl halides is 6. The molecule has 2 rings (SSSR count). The Bertz CT molecular complexity index is 826. The van der Waals surface area contributed by atoms with Crippen LogP contribution in [0.15, 0.2) is 42.5 Å². The normalized spacial score (nSPS) is 11.9. The Morgan fingerprint density at radius 2 is 1.31 bits per heavy atom. The topological polar surface area (TPSA) is 66.4 Å². The number of halogens is 6. The van der Waals surface area contributed by atoms with Crippen molar-refractivity contribution in [3.05, 3.63) is 64.7 Å². The van der Waals surface area contributed by atoms with Crippen LogP contribution in [0.1, 0.15) is 31.8 Å². The molecule has 0 saturated carbocycles. The van der Waals surface area contributed by atoms with Crippen LogP contribution in [-0.2, 0) is 12.4 Å². The van der Waals surface area contributed by atoms with Gasteiger partial charge in [-0.25, -0.2) is 4.79 Å². The smallest absolute Gasteiger partial charge is 0.416 e. The van der Waals surface area contributed by atoms with Gasteiger partial charge in [0.2, 0.25) is 0 Å². The molecule has 2 aromatic rings. The largest absolute Gasteiger partial charge is 0.478 e. The number of benzene rings is 2. The van der Waals surface area contributed by atoms with Gasteiger partial charge in [0.05, 0.1) is 16.7 Å². The Morgan fingerprint density at radius 3 is 1.77 bits per heavy atom. The van der Waals surface area contributed by atoms with E-state index in [1.54, 1.807) is 0 Å². The van der Waals surface area contributed by atoms with Gasteiger partial charge in [0.1, 0.15) is 0 Å². The second-order valence-electron chi connectivity index (χ2n) is 5.13. The minimum absolute atomic E-state index is 0.0687. The molecule has 0 saturated heterocycles. The molecule has 0 spiro atoms. The average Bonchev–Trinajstić information content (AvgIpc) is 2.53. The predicted molar refractivity (Wildman–Crippen MR) is 77.8 cm³/mol. The zero-order chi connectivity index (χ0) is 19.7. The molecule has 1 amide bonds. The van der Waals surface area contributed by atoms with Gasteiger partial charge in [-0.1, -0.05) is 6.07 Å². The summed E-state index contributed by atoms with van der Waals surface area (Å²) in [6.07, 6.45) is -10.1. The van der Waals surface area contributed by atoms with Gasteiger partial charge in [-0.2, -0.15) is 26.3 Å². The first-order chi connectivity index (χ1) is 11.9. The van der Waals surface area contributed by atoms with Crippen LogP contribution in [0.5, 0.6) is 0 Å². The first-order valence-corrected chi connectivity index (χ1v) is 6.82. The first kappa shape index (κ1) is 19.3. The molecule has 0 aliphatic carbocycles. The number of hydrogen-bond acceptors (Lipinski definition) is 2. The fraction of sp³-hybridized carbons (Fsp3) is 0.125. The van der Waals surface area contributed by atoms with E-state index in [1.165, 1.54) is 18.2 Å². The summed E-state index contributed by atoms with van der Waals surface area (Å²) in [5, 5.41) is 10.8. The van der Waals surface area contributed by atoms with Crippen LogP contribution in [-0.4, -0.2) is 17.0 Å². The van der Waals surface area contributed by atoms with Gasteiger partial charge in [-0.15, -0.1) is 0 Å². The highest BCUT2D eigenvalue weighted by atomic mass is 19.4. The molecule has 0 bridgehead atoms. The fourth-order valence-electron chi connectivity index (χ4n) is 2.02. The van der Waals surface area contributed by atoms with Crippen LogP contribution in [0.3, 0.4) is 0 Å². The number of rotatable bonds is 3. The van der Waals surface area contributed by atoms with Gasteiger partial charge in [0.25, 0.3) is 5.91 Å². The molecule has 0 heterocycles. The van der Waals surface area contributed by atoms with Gasteiger partial charge in [-0.3, -0.25) is 4.79 Å². The number of aromatic carboxylic acids is 1. The fourth-order valence-corrected chi connectivity index (χ4v) is 2.02. The number of nitrogens with one attached hydrogen (secondary N) is 1. The molecule has 2 aromatic carbocycles. The summed E-state index contributed by atoms with van der Waals surface area (Å²) < 4.78 is 76.8. The van der Waals surface area contributed by atoms with Crippen LogP contribution in [0.4, 0.5) is 32.0 Å². The standard InChI is InChI=1S/C16H9F6NO3/c17-15(18,19)10-5-11(16(20,21)22)7-12(6-10)23-13(24)8-2-1-3-9(4-8)14(25)26/h1-7H,(H,23,24)(H,25,26). The van der Waals surface area contributed by atoms with E-state index in [9.17, 15) is 35.9 Å². The number of anilines is 1. The van der Waals surface area contributed by atoms with Crippen molar-refractivity contribution >= 4 is 17.6 Å². The molecule has 2 N–H and O–H groups in total. The Balaban J connectivity index is 2.41. The van der Waals surface area contributed by atoms with Crippen molar-refractivity contribution in [1.29, 1.82) is 0 Å². The van der Waals surface area contributed by atoms with Crippen LogP contribution in [0, 0.1) is 0 Å². The number of carboxylic acid groups (broad SMARTS) is 1. The number of carbonyl (C=O) groups excluding carboxylic acids is 1. The van der Waals surface area contributed by atoms with Crippen LogP contribution >= 0.6 is 0 Å². The predicted octanol–water partition coefficient (Wildman–Crippen LogP) is 4.67. The number of amides is 1. The molecule has 26 heavy (non-hydrogen) atoms. The molecular weight excluding hydrogens is 368 g/mol. The maximum absolute atomic E-state index is 12.8. The monoisotopic (exact) mass is 377 g/mol. The minimum atomic E-state index is -5.05. The zero-order valence-corrected chi connectivity index (χ0v) is 12.6. The zero-order valence-electron chi connectivity index (χ0n) is 12.6. The van der Waals surface area contributed by atoms with E-state index in [2.05, 4.69) is 0 Å². The maximum atomic E-state index is 12.8. The second kappa shape index (κ2) is 6.70. The highest BCUT2D eigenvalue weighted by Gasteiger charge is 2.37. The summed E-state index contributed by atoms with van der Waals surface area (Å²) in [5.74, 6) is -2.40. The maximum Gasteiger partial charge on any atom is 0.416 e. The molecule has 0 aromatic heterocycles. The third-order valence-electron chi connectivity index (χ3n) is 3.22. The lowest BCUT2D eigenvalue weighted by atomic mass is 10.1. The van der Waals surface area contributed by atoms with Crippen molar-refractivity contribution in [2.24, 2.45) is 0 Å². The first-order valence-electron chi connectivity index (χ1n) is 6.82. The van der Waals surface area contributed by atoms with E-state index in [1.807, 2.05) is 5.32 Å². The van der Waals surface area contributed by atoms with Crippen molar-refractivity contribution in [3.63, 3.8) is 0 Å². The molecule has 0 atom stereocenters. The van der Waals surface area contributed by atoms with E-state index < -0.39 is 41.0 Å². The second-order valence-corrected chi connectivity index (χ2v) is 5.13. The molecule has 0 radical (unpaired) electrons. The molecule has 0 fully saturated rings. The van der Waals surface area contributed by atoms with Gasteiger partial charge in [0, 0.05) is 11.3 Å². The summed E-state index contributed by atoms with van der Waals surface area (Å²) >= 11 is 0. The molecule has 0 aliphatic heterocycles. The van der Waals surface area contributed by atoms with Gasteiger partial charge in [-0.05, 0) is 36.4 Å². The Morgan fingerprint density at radius 1 is 0.808 bits per heavy atom. The lowest BCUT2D eigenvalue weighted by molar-refractivity contribution is -0.143. The summed E-state index contributed by atoms with van der Waals surface area (Å²) in [5.41, 5.74) is -4.39. The summed E-state index contributed by atoms with van der Waals surface area (Å²) in [7, 11) is 0. The number of carbonyl (C=O) groups is 2. The van der Waals surface area contributed by atoms with Gasteiger partial charge < -0.3 is 10.4 Å². The molecule has 0 aliphatic rings. The van der Waals surface area contributed by atoms with Crippen molar-refractivity contribution in [3.8, 4) is 0 Å². The number of carboxylic acids is 1. The SMILES string of the molecule is O=C(O)c1cccc(C(=O)Nc2cc(C(F)(F)F)cc(C(F)(F)F)c2)c1. The molecule has 4 nitrogen and oxygen atoms in total. The molecular formula is C16H9F6NO3. The molecule has 138 valence electrons. The highest BCUT2D eigenvalue weighted by Crippen LogP contribution is 2.37. The summed E-state index contributed by atoms with van der Waals surface area (Å²) in [6, 6.07) is 5.13. The van der Waals surface area contributed by atoms with E-state index in [0.717, 1.165) is 6.07 Å². The minimum Gasteiger partial charge on any atom is -0.478 e. The van der Waals surface area contributed by atoms with Gasteiger partial charge >= 0.3 is 18.3 Å². The highest BCUT2D eigenvalue weighted by molar-refractivity contribution is 6.05. The van der Waals surface area contributed by atoms with Gasteiger partial charge in [0.15, 0.2) is 0 Å². The van der Waals surface area contributed by atoms with E-state index >= 15 is 0 Å². The van der Waals surface area contributed by atoms with Crippen LogP contribution in [0.2, 0.25) is 0 Å². The van der Waals surface area contributed by atoms with Crippen LogP contribution in [0.25, 0.3) is 0 Å². The van der Waals surface area contributed by atoms with E-state index in [4.69, 9.17) is 5.11 Å². The Labute approximate surface area is 142 Å². The lowest BCUT2D eigenvalue weighted by Crippen LogP contribution is -2.16. The average molecular weight is 377 g/mol. The molecule has 10 heteroatoms.